The van der Waals surface area contributed by atoms with Crippen LogP contribution < -0.4 is 10.2 Å². The standard InChI is InChI=1S/C17H11BrCl2N2O2S2/c18-11-3-1-10(2-4-11)14-9-26-17(25)21-22(14)16(23)8-24-15-6-5-12(19)7-13(15)20/h1-7,9H,8H2,(H,21,25). The highest BCUT2D eigenvalue weighted by Crippen LogP contribution is 2.29. The lowest BCUT2D eigenvalue weighted by Gasteiger charge is -2.30. The van der Waals surface area contributed by atoms with Crippen molar-refractivity contribution in [2.24, 2.45) is 0 Å². The first kappa shape index (κ1) is 19.5. The van der Waals surface area contributed by atoms with Crippen molar-refractivity contribution in [3.8, 4) is 5.75 Å². The van der Waals surface area contributed by atoms with E-state index >= 15 is 0 Å². The Hall–Kier alpha value is -1.25. The molecule has 0 spiro atoms. The number of hydrazine groups is 1. The highest BCUT2D eigenvalue weighted by Gasteiger charge is 2.25. The summed E-state index contributed by atoms with van der Waals surface area (Å²) in [4.78, 5) is 12.7. The van der Waals surface area contributed by atoms with E-state index in [1.807, 2.05) is 29.7 Å². The number of benzene rings is 2. The third-order valence-electron chi connectivity index (χ3n) is 3.36. The van der Waals surface area contributed by atoms with Gasteiger partial charge in [-0.05, 0) is 30.3 Å². The molecular weight excluding hydrogens is 479 g/mol. The quantitative estimate of drug-likeness (QED) is 0.574. The van der Waals surface area contributed by atoms with Gasteiger partial charge in [-0.2, -0.15) is 0 Å². The molecule has 0 atom stereocenters. The third kappa shape index (κ3) is 4.72. The van der Waals surface area contributed by atoms with Crippen LogP contribution in [0.5, 0.6) is 5.75 Å². The number of amides is 1. The van der Waals surface area contributed by atoms with Crippen molar-refractivity contribution in [1.29, 1.82) is 0 Å². The molecule has 1 heterocycles. The molecule has 134 valence electrons. The first-order valence-electron chi connectivity index (χ1n) is 7.28. The maximum atomic E-state index is 12.7. The van der Waals surface area contributed by atoms with Gasteiger partial charge in [-0.1, -0.05) is 75.2 Å². The highest BCUT2D eigenvalue weighted by atomic mass is 79.9. The molecule has 0 radical (unpaired) electrons. The number of carbonyl (C=O) groups excluding carboxylic acids is 1. The van der Waals surface area contributed by atoms with E-state index in [4.69, 9.17) is 40.2 Å². The summed E-state index contributed by atoms with van der Waals surface area (Å²) in [6, 6.07) is 12.4. The highest BCUT2D eigenvalue weighted by molar-refractivity contribution is 9.10. The zero-order valence-electron chi connectivity index (χ0n) is 13.0. The second-order valence-corrected chi connectivity index (χ2v) is 8.43. The number of hydrogen-bond acceptors (Lipinski definition) is 4. The number of thiocarbonyl (C=S) groups is 1. The molecule has 0 unspecified atom stereocenters. The summed E-state index contributed by atoms with van der Waals surface area (Å²) in [5.41, 5.74) is 4.46. The first-order valence-corrected chi connectivity index (χ1v) is 10.1. The Kier molecular flexibility index (Phi) is 6.47. The molecule has 9 heteroatoms. The van der Waals surface area contributed by atoms with Crippen LogP contribution >= 0.6 is 63.1 Å². The van der Waals surface area contributed by atoms with Crippen molar-refractivity contribution < 1.29 is 9.53 Å². The second kappa shape index (κ2) is 8.63. The minimum Gasteiger partial charge on any atom is -0.482 e. The molecule has 0 aliphatic carbocycles. The molecule has 0 aromatic heterocycles. The lowest BCUT2D eigenvalue weighted by Crippen LogP contribution is -2.47. The van der Waals surface area contributed by atoms with Gasteiger partial charge in [0.15, 0.2) is 10.9 Å². The number of halogens is 3. The number of nitrogens with zero attached hydrogens (tertiary/aromatic N) is 1. The van der Waals surface area contributed by atoms with Crippen LogP contribution in [0.15, 0.2) is 52.3 Å². The van der Waals surface area contributed by atoms with E-state index in [-0.39, 0.29) is 12.5 Å². The number of nitrogens with one attached hydrogen (secondary N) is 1. The molecular formula is C17H11BrCl2N2O2S2. The smallest absolute Gasteiger partial charge is 0.283 e. The molecule has 26 heavy (non-hydrogen) atoms. The summed E-state index contributed by atoms with van der Waals surface area (Å²) in [6.07, 6.45) is 0. The molecule has 1 N–H and O–H groups in total. The molecule has 2 aromatic rings. The van der Waals surface area contributed by atoms with Gasteiger partial charge in [0.1, 0.15) is 5.75 Å². The normalized spacial score (nSPS) is 13.9. The Balaban J connectivity index is 1.77. The number of rotatable bonds is 4. The molecule has 0 saturated carbocycles. The zero-order chi connectivity index (χ0) is 18.7. The number of carbonyl (C=O) groups is 1. The van der Waals surface area contributed by atoms with Gasteiger partial charge in [0.25, 0.3) is 5.91 Å². The first-order chi connectivity index (χ1) is 12.4. The lowest BCUT2D eigenvalue weighted by molar-refractivity contribution is -0.131. The van der Waals surface area contributed by atoms with Gasteiger partial charge in [0.2, 0.25) is 0 Å². The largest absolute Gasteiger partial charge is 0.482 e. The monoisotopic (exact) mass is 488 g/mol. The molecule has 1 aliphatic rings. The van der Waals surface area contributed by atoms with E-state index in [1.54, 1.807) is 18.2 Å². The maximum Gasteiger partial charge on any atom is 0.283 e. The maximum absolute atomic E-state index is 12.7. The number of ether oxygens (including phenoxy) is 1. The number of hydrogen-bond donors (Lipinski definition) is 1. The van der Waals surface area contributed by atoms with Crippen molar-refractivity contribution in [3.63, 3.8) is 0 Å². The van der Waals surface area contributed by atoms with Gasteiger partial charge < -0.3 is 4.74 Å². The molecule has 1 amide bonds. The van der Waals surface area contributed by atoms with Crippen LogP contribution in [-0.4, -0.2) is 21.8 Å². The Morgan fingerprint density at radius 2 is 1.96 bits per heavy atom. The average molecular weight is 490 g/mol. The van der Waals surface area contributed by atoms with Crippen LogP contribution in [-0.2, 0) is 4.79 Å². The van der Waals surface area contributed by atoms with Gasteiger partial charge >= 0.3 is 0 Å². The van der Waals surface area contributed by atoms with Crippen LogP contribution in [0, 0.1) is 0 Å². The van der Waals surface area contributed by atoms with E-state index < -0.39 is 0 Å². The Labute approximate surface area is 178 Å². The van der Waals surface area contributed by atoms with Crippen molar-refractivity contribution >= 4 is 79.0 Å². The topological polar surface area (TPSA) is 41.6 Å². The van der Waals surface area contributed by atoms with Crippen molar-refractivity contribution in [1.82, 2.24) is 10.4 Å². The van der Waals surface area contributed by atoms with Gasteiger partial charge in [0.05, 0.1) is 10.7 Å². The van der Waals surface area contributed by atoms with Crippen LogP contribution in [0.3, 0.4) is 0 Å². The van der Waals surface area contributed by atoms with Crippen molar-refractivity contribution in [2.75, 3.05) is 6.61 Å². The fraction of sp³-hybridized carbons (Fsp3) is 0.0588. The predicted octanol–water partition coefficient (Wildman–Crippen LogP) is 5.50. The molecule has 0 saturated heterocycles. The molecule has 0 fully saturated rings. The summed E-state index contributed by atoms with van der Waals surface area (Å²) >= 11 is 21.8. The minimum atomic E-state index is -0.312. The van der Waals surface area contributed by atoms with E-state index in [0.717, 1.165) is 10.0 Å². The lowest BCUT2D eigenvalue weighted by atomic mass is 10.1. The van der Waals surface area contributed by atoms with Gasteiger partial charge in [-0.3, -0.25) is 10.2 Å². The molecule has 1 aliphatic heterocycles. The van der Waals surface area contributed by atoms with Crippen molar-refractivity contribution in [3.05, 3.63) is 68.0 Å². The van der Waals surface area contributed by atoms with E-state index in [9.17, 15) is 4.79 Å². The third-order valence-corrected chi connectivity index (χ3v) is 5.44. The van der Waals surface area contributed by atoms with Crippen LogP contribution in [0.4, 0.5) is 0 Å². The fourth-order valence-corrected chi connectivity index (χ4v) is 3.72. The molecule has 2 aromatic carbocycles. The summed E-state index contributed by atoms with van der Waals surface area (Å²) in [6.45, 7) is -0.213. The minimum absolute atomic E-state index is 0.213. The summed E-state index contributed by atoms with van der Waals surface area (Å²) < 4.78 is 6.97. The Morgan fingerprint density at radius 1 is 1.23 bits per heavy atom. The van der Waals surface area contributed by atoms with Gasteiger partial charge in [-0.15, -0.1) is 0 Å². The Morgan fingerprint density at radius 3 is 2.65 bits per heavy atom. The van der Waals surface area contributed by atoms with E-state index in [2.05, 4.69) is 21.4 Å². The predicted molar refractivity (Wildman–Crippen MR) is 114 cm³/mol. The second-order valence-electron chi connectivity index (χ2n) is 5.12. The average Bonchev–Trinajstić information content (AvgIpc) is 2.61. The summed E-state index contributed by atoms with van der Waals surface area (Å²) in [7, 11) is 0. The van der Waals surface area contributed by atoms with Gasteiger partial charge in [0, 0.05) is 20.5 Å². The summed E-state index contributed by atoms with van der Waals surface area (Å²) in [5.74, 6) is 0.0698. The SMILES string of the molecule is O=C(COc1ccc(Cl)cc1Cl)N1NC(=S)SC=C1c1ccc(Br)cc1. The van der Waals surface area contributed by atoms with E-state index in [1.165, 1.54) is 16.8 Å². The Bertz CT molecular complexity index is 891. The van der Waals surface area contributed by atoms with Crippen LogP contribution in [0.1, 0.15) is 5.56 Å². The van der Waals surface area contributed by atoms with Gasteiger partial charge in [-0.25, -0.2) is 5.01 Å². The van der Waals surface area contributed by atoms with Crippen LogP contribution in [0.2, 0.25) is 10.0 Å². The number of thioether (sulfide) groups is 1. The zero-order valence-corrected chi connectivity index (χ0v) is 17.8. The molecule has 3 rings (SSSR count). The van der Waals surface area contributed by atoms with Crippen molar-refractivity contribution in [2.45, 2.75) is 0 Å². The summed E-state index contributed by atoms with van der Waals surface area (Å²) in [5, 5.41) is 4.04. The van der Waals surface area contributed by atoms with Crippen LogP contribution in [0.25, 0.3) is 5.70 Å². The fourth-order valence-electron chi connectivity index (χ4n) is 2.15. The molecule has 4 nitrogen and oxygen atoms in total. The van der Waals surface area contributed by atoms with E-state index in [0.29, 0.717) is 25.8 Å². The molecule has 0 bridgehead atoms.